The molecule has 3 aliphatic rings. The second-order valence-corrected chi connectivity index (χ2v) is 8.97. The molecule has 0 spiro atoms. The Kier molecular flexibility index (Phi) is 7.70. The van der Waals surface area contributed by atoms with Gasteiger partial charge in [-0.2, -0.15) is 0 Å². The summed E-state index contributed by atoms with van der Waals surface area (Å²) in [5.74, 6) is 3.87. The summed E-state index contributed by atoms with van der Waals surface area (Å²) in [4.78, 5) is 0. The van der Waals surface area contributed by atoms with Crippen molar-refractivity contribution in [3.63, 3.8) is 0 Å². The molecule has 0 aromatic carbocycles. The average Bonchev–Trinajstić information content (AvgIpc) is 3.44. The fourth-order valence-electron chi connectivity index (χ4n) is 5.10. The van der Waals surface area contributed by atoms with Gasteiger partial charge in [0.15, 0.2) is 0 Å². The first-order valence-corrected chi connectivity index (χ1v) is 11.1. The molecule has 1 heteroatoms. The van der Waals surface area contributed by atoms with Crippen molar-refractivity contribution in [2.75, 3.05) is 6.61 Å². The number of ether oxygens (including phenoxy) is 1. The van der Waals surface area contributed by atoms with Crippen molar-refractivity contribution in [1.29, 1.82) is 0 Å². The summed E-state index contributed by atoms with van der Waals surface area (Å²) in [5.41, 5.74) is 0. The summed E-state index contributed by atoms with van der Waals surface area (Å²) < 4.78 is 5.30. The molecule has 0 radical (unpaired) electrons. The van der Waals surface area contributed by atoms with E-state index in [0.29, 0.717) is 6.10 Å². The molecule has 1 unspecified atom stereocenters. The molecule has 1 aliphatic heterocycles. The molecule has 2 aliphatic carbocycles. The van der Waals surface area contributed by atoms with Gasteiger partial charge >= 0.3 is 0 Å². The van der Waals surface area contributed by atoms with Crippen molar-refractivity contribution < 1.29 is 4.74 Å². The first kappa shape index (κ1) is 18.5. The second kappa shape index (κ2) is 10.00. The summed E-state index contributed by atoms with van der Waals surface area (Å²) in [6.45, 7) is 3.38. The Labute approximate surface area is 150 Å². The lowest BCUT2D eigenvalue weighted by Gasteiger charge is -2.29. The number of rotatable bonds is 9. The average molecular weight is 333 g/mol. The van der Waals surface area contributed by atoms with E-state index in [1.807, 2.05) is 0 Å². The lowest BCUT2D eigenvalue weighted by molar-refractivity contribution is 0.280. The van der Waals surface area contributed by atoms with Gasteiger partial charge in [-0.05, 0) is 81.5 Å². The van der Waals surface area contributed by atoms with Gasteiger partial charge in [0, 0.05) is 0 Å². The van der Waals surface area contributed by atoms with Gasteiger partial charge in [0.25, 0.3) is 0 Å². The molecule has 3 rings (SSSR count). The second-order valence-electron chi connectivity index (χ2n) is 8.97. The van der Waals surface area contributed by atoms with Crippen LogP contribution < -0.4 is 0 Å². The molecule has 138 valence electrons. The largest absolute Gasteiger partial charge is 0.373 e. The van der Waals surface area contributed by atoms with Crippen LogP contribution in [0.25, 0.3) is 0 Å². The number of hydrogen-bond donors (Lipinski definition) is 0. The summed E-state index contributed by atoms with van der Waals surface area (Å²) in [7, 11) is 0. The van der Waals surface area contributed by atoms with Crippen molar-refractivity contribution in [1.82, 2.24) is 0 Å². The smallest absolute Gasteiger partial charge is 0.0810 e. The highest BCUT2D eigenvalue weighted by atomic mass is 16.6. The lowest BCUT2D eigenvalue weighted by atomic mass is 9.77. The Morgan fingerprint density at radius 3 is 1.71 bits per heavy atom. The molecular formula is C23H40O. The molecule has 0 aromatic rings. The third-order valence-electron chi connectivity index (χ3n) is 6.93. The van der Waals surface area contributed by atoms with Crippen molar-refractivity contribution in [3.8, 4) is 0 Å². The molecule has 1 atom stereocenters. The molecule has 0 N–H and O–H groups in total. The van der Waals surface area contributed by atoms with E-state index in [1.54, 1.807) is 0 Å². The van der Waals surface area contributed by atoms with E-state index < -0.39 is 0 Å². The Morgan fingerprint density at radius 2 is 1.21 bits per heavy atom. The molecule has 1 saturated heterocycles. The SMILES string of the molecule is CCCC1CCC(/C=C/C2CCC(CCCCC3CO3)CC2)CC1. The van der Waals surface area contributed by atoms with E-state index in [2.05, 4.69) is 19.1 Å². The maximum Gasteiger partial charge on any atom is 0.0810 e. The van der Waals surface area contributed by atoms with Crippen LogP contribution in [0.4, 0.5) is 0 Å². The predicted molar refractivity (Wildman–Crippen MR) is 103 cm³/mol. The van der Waals surface area contributed by atoms with Gasteiger partial charge in [0.05, 0.1) is 12.7 Å². The third-order valence-corrected chi connectivity index (χ3v) is 6.93. The molecule has 0 amide bonds. The van der Waals surface area contributed by atoms with Crippen LogP contribution in [0.1, 0.15) is 96.8 Å². The molecule has 3 fully saturated rings. The zero-order chi connectivity index (χ0) is 16.6. The standard InChI is InChI=1S/C23H40O/c1-2-5-19-8-12-21(13-9-19)16-17-22-14-10-20(11-15-22)6-3-4-7-23-18-24-23/h16-17,19-23H,2-15,18H2,1H3/b17-16+. The molecular weight excluding hydrogens is 292 g/mol. The van der Waals surface area contributed by atoms with Crippen molar-refractivity contribution >= 4 is 0 Å². The summed E-state index contributed by atoms with van der Waals surface area (Å²) in [6.07, 6.45) is 26.1. The highest BCUT2D eigenvalue weighted by Gasteiger charge is 2.23. The molecule has 24 heavy (non-hydrogen) atoms. The fourth-order valence-corrected chi connectivity index (χ4v) is 5.10. The zero-order valence-corrected chi connectivity index (χ0v) is 16.1. The Hall–Kier alpha value is -0.300. The van der Waals surface area contributed by atoms with Crippen LogP contribution in [0, 0.1) is 23.7 Å². The minimum Gasteiger partial charge on any atom is -0.373 e. The van der Waals surface area contributed by atoms with Crippen molar-refractivity contribution in [2.24, 2.45) is 23.7 Å². The normalized spacial score (nSPS) is 37.0. The Bertz CT molecular complexity index is 354. The van der Waals surface area contributed by atoms with Crippen LogP contribution in [0.2, 0.25) is 0 Å². The van der Waals surface area contributed by atoms with Crippen LogP contribution in [0.3, 0.4) is 0 Å². The van der Waals surface area contributed by atoms with Gasteiger partial charge in [0.2, 0.25) is 0 Å². The zero-order valence-electron chi connectivity index (χ0n) is 16.1. The molecule has 0 bridgehead atoms. The topological polar surface area (TPSA) is 12.5 Å². The minimum absolute atomic E-state index is 0.642. The summed E-state index contributed by atoms with van der Waals surface area (Å²) in [5, 5.41) is 0. The van der Waals surface area contributed by atoms with Crippen LogP contribution in [0.15, 0.2) is 12.2 Å². The Morgan fingerprint density at radius 1 is 0.708 bits per heavy atom. The quantitative estimate of drug-likeness (QED) is 0.254. The highest BCUT2D eigenvalue weighted by Crippen LogP contribution is 2.35. The van der Waals surface area contributed by atoms with E-state index in [-0.39, 0.29) is 0 Å². The molecule has 2 saturated carbocycles. The number of hydrogen-bond acceptors (Lipinski definition) is 1. The first-order chi connectivity index (χ1) is 11.8. The van der Waals surface area contributed by atoms with Crippen LogP contribution in [-0.2, 0) is 4.74 Å². The Balaban J connectivity index is 1.25. The van der Waals surface area contributed by atoms with Crippen molar-refractivity contribution in [2.45, 2.75) is 103 Å². The van der Waals surface area contributed by atoms with Crippen LogP contribution in [-0.4, -0.2) is 12.7 Å². The van der Waals surface area contributed by atoms with E-state index >= 15 is 0 Å². The number of unbranched alkanes of at least 4 members (excludes halogenated alkanes) is 1. The third kappa shape index (κ3) is 6.54. The van der Waals surface area contributed by atoms with E-state index in [0.717, 1.165) is 30.3 Å². The molecule has 1 nitrogen and oxygen atoms in total. The first-order valence-electron chi connectivity index (χ1n) is 11.1. The summed E-state index contributed by atoms with van der Waals surface area (Å²) in [6, 6.07) is 0. The van der Waals surface area contributed by atoms with E-state index in [4.69, 9.17) is 4.74 Å². The maximum absolute atomic E-state index is 5.30. The molecule has 0 aromatic heterocycles. The maximum atomic E-state index is 5.30. The van der Waals surface area contributed by atoms with Crippen molar-refractivity contribution in [3.05, 3.63) is 12.2 Å². The lowest BCUT2D eigenvalue weighted by Crippen LogP contribution is -2.15. The van der Waals surface area contributed by atoms with Gasteiger partial charge in [-0.1, -0.05) is 51.2 Å². The monoisotopic (exact) mass is 332 g/mol. The van der Waals surface area contributed by atoms with Gasteiger partial charge < -0.3 is 4.74 Å². The van der Waals surface area contributed by atoms with E-state index in [9.17, 15) is 0 Å². The van der Waals surface area contributed by atoms with Gasteiger partial charge in [-0.25, -0.2) is 0 Å². The highest BCUT2D eigenvalue weighted by molar-refractivity contribution is 4.96. The fraction of sp³-hybridized carbons (Fsp3) is 0.913. The van der Waals surface area contributed by atoms with E-state index in [1.165, 1.54) is 89.9 Å². The number of allylic oxidation sites excluding steroid dienone is 2. The van der Waals surface area contributed by atoms with Gasteiger partial charge in [-0.3, -0.25) is 0 Å². The predicted octanol–water partition coefficient (Wildman–Crippen LogP) is 6.91. The summed E-state index contributed by atoms with van der Waals surface area (Å²) >= 11 is 0. The molecule has 1 heterocycles. The van der Waals surface area contributed by atoms with Gasteiger partial charge in [0.1, 0.15) is 0 Å². The van der Waals surface area contributed by atoms with Crippen LogP contribution >= 0.6 is 0 Å². The van der Waals surface area contributed by atoms with Crippen LogP contribution in [0.5, 0.6) is 0 Å². The van der Waals surface area contributed by atoms with Gasteiger partial charge in [-0.15, -0.1) is 0 Å². The number of epoxide rings is 1. The minimum atomic E-state index is 0.642.